The molecular formula is C20H26N10O13P2. The molecule has 6 rings (SSSR count). The van der Waals surface area contributed by atoms with Gasteiger partial charge in [-0.25, -0.2) is 39.0 Å². The fourth-order valence-corrected chi connectivity index (χ4v) is 7.22. The van der Waals surface area contributed by atoms with Crippen molar-refractivity contribution in [3.8, 4) is 0 Å². The molecule has 25 heteroatoms. The molecule has 0 spiro atoms. The molecule has 45 heavy (non-hydrogen) atoms. The summed E-state index contributed by atoms with van der Waals surface area (Å²) in [6.07, 6.45) is -7.63. The Balaban J connectivity index is 1.10. The molecule has 2 fully saturated rings. The molecule has 2 aliphatic rings. The molecule has 0 aliphatic carbocycles. The van der Waals surface area contributed by atoms with Gasteiger partial charge in [-0.2, -0.15) is 4.31 Å². The summed E-state index contributed by atoms with van der Waals surface area (Å²) in [5.41, 5.74) is 12.2. The quantitative estimate of drug-likeness (QED) is 0.0793. The highest BCUT2D eigenvalue weighted by atomic mass is 31.3. The first-order chi connectivity index (χ1) is 21.3. The summed E-state index contributed by atoms with van der Waals surface area (Å²) in [5, 5.41) is 41.7. The first kappa shape index (κ1) is 31.7. The SMILES string of the molecule is Nc1ncnc2c1ncn2[C@@H]1O[C@H](COP(=O)(O)OP(=O)(O)O[C@H]2[C@@H](O)[C@@H](n3cnc4c(N)ncnc43)O[C@@H]2CO)[C@@H](O)[C@H]1O. The van der Waals surface area contributed by atoms with E-state index in [1.54, 1.807) is 0 Å². The standard InChI is InChI=1S/C20H26N10O13P2/c21-15-9-17(25-3-23-15)29(5-27-9)19-12(33)11(32)8(41-19)2-39-44(35,36)43-45(37,38)42-14-7(1-31)40-20(13(14)34)30-6-28-10-16(22)24-4-26-18(10)30/h3-8,11-14,19-20,31-34H,1-2H2,(H,35,36)(H,37,38)(H2,21,23,25)(H2,22,24,26)/t7-,8-,11-,12-,13-,14-,19-,20+/m1/s1. The number of nitrogens with two attached hydrogens (primary N) is 2. The topological polar surface area (TPSA) is 341 Å². The van der Waals surface area contributed by atoms with E-state index >= 15 is 0 Å². The van der Waals surface area contributed by atoms with Crippen molar-refractivity contribution in [2.45, 2.75) is 49.1 Å². The molecule has 0 amide bonds. The van der Waals surface area contributed by atoms with Crippen LogP contribution in [-0.2, 0) is 32.0 Å². The molecule has 4 aromatic heterocycles. The number of imidazole rings is 2. The van der Waals surface area contributed by atoms with E-state index in [9.17, 15) is 39.3 Å². The lowest BCUT2D eigenvalue weighted by molar-refractivity contribution is -0.0521. The first-order valence-electron chi connectivity index (χ1n) is 12.8. The zero-order chi connectivity index (χ0) is 32.3. The number of rotatable bonds is 10. The Morgan fingerprint density at radius 3 is 1.87 bits per heavy atom. The molecule has 244 valence electrons. The summed E-state index contributed by atoms with van der Waals surface area (Å²) in [6, 6.07) is 0. The van der Waals surface area contributed by atoms with Crippen LogP contribution >= 0.6 is 15.6 Å². The van der Waals surface area contributed by atoms with Crippen LogP contribution < -0.4 is 11.5 Å². The summed E-state index contributed by atoms with van der Waals surface area (Å²) in [4.78, 5) is 44.2. The highest BCUT2D eigenvalue weighted by molar-refractivity contribution is 7.61. The molecule has 0 aromatic carbocycles. The van der Waals surface area contributed by atoms with E-state index < -0.39 is 77.9 Å². The first-order valence-corrected chi connectivity index (χ1v) is 15.8. The third-order valence-corrected chi connectivity index (χ3v) is 9.65. The normalized spacial score (nSPS) is 31.4. The van der Waals surface area contributed by atoms with Crippen molar-refractivity contribution in [1.29, 1.82) is 0 Å². The Hall–Kier alpha value is -3.28. The third-order valence-electron chi connectivity index (χ3n) is 7.01. The minimum atomic E-state index is -5.53. The van der Waals surface area contributed by atoms with Gasteiger partial charge < -0.3 is 51.2 Å². The molecule has 2 unspecified atom stereocenters. The van der Waals surface area contributed by atoms with E-state index in [-0.39, 0.29) is 34.0 Å². The van der Waals surface area contributed by atoms with Gasteiger partial charge in [-0.15, -0.1) is 0 Å². The number of aromatic nitrogens is 8. The van der Waals surface area contributed by atoms with E-state index in [1.165, 1.54) is 21.8 Å². The van der Waals surface area contributed by atoms with Crippen molar-refractivity contribution in [2.24, 2.45) is 0 Å². The maximum absolute atomic E-state index is 12.8. The Kier molecular flexibility index (Phi) is 8.33. The number of nitrogens with zero attached hydrogens (tertiary/aromatic N) is 8. The van der Waals surface area contributed by atoms with Gasteiger partial charge in [0, 0.05) is 0 Å². The highest BCUT2D eigenvalue weighted by Gasteiger charge is 2.51. The average molecular weight is 676 g/mol. The number of ether oxygens (including phenoxy) is 2. The summed E-state index contributed by atoms with van der Waals surface area (Å²) in [7, 11) is -11.0. The van der Waals surface area contributed by atoms with Crippen molar-refractivity contribution in [3.63, 3.8) is 0 Å². The minimum Gasteiger partial charge on any atom is -0.394 e. The highest BCUT2D eigenvalue weighted by Crippen LogP contribution is 2.62. The zero-order valence-electron chi connectivity index (χ0n) is 22.5. The van der Waals surface area contributed by atoms with Crippen LogP contribution in [0.5, 0.6) is 0 Å². The van der Waals surface area contributed by atoms with Crippen molar-refractivity contribution in [3.05, 3.63) is 25.3 Å². The molecule has 6 heterocycles. The summed E-state index contributed by atoms with van der Waals surface area (Å²) < 4.78 is 53.0. The molecule has 4 aromatic rings. The number of aliphatic hydroxyl groups excluding tert-OH is 4. The second kappa shape index (κ2) is 11.8. The summed E-state index contributed by atoms with van der Waals surface area (Å²) in [5.74, 6) is 0.0772. The van der Waals surface area contributed by atoms with Crippen molar-refractivity contribution in [1.82, 2.24) is 39.0 Å². The van der Waals surface area contributed by atoms with E-state index in [2.05, 4.69) is 34.2 Å². The number of hydrogen-bond donors (Lipinski definition) is 8. The van der Waals surface area contributed by atoms with Crippen LogP contribution in [-0.4, -0.2) is 119 Å². The fourth-order valence-electron chi connectivity index (χ4n) is 4.93. The van der Waals surface area contributed by atoms with Gasteiger partial charge in [0.2, 0.25) is 0 Å². The molecule has 23 nitrogen and oxygen atoms in total. The second-order valence-electron chi connectivity index (χ2n) is 9.84. The van der Waals surface area contributed by atoms with Crippen molar-refractivity contribution in [2.75, 3.05) is 24.7 Å². The third kappa shape index (κ3) is 5.90. The maximum atomic E-state index is 12.8. The van der Waals surface area contributed by atoms with Gasteiger partial charge in [-0.05, 0) is 0 Å². The van der Waals surface area contributed by atoms with Gasteiger partial charge in [0.15, 0.2) is 35.4 Å². The van der Waals surface area contributed by atoms with Crippen LogP contribution in [0.4, 0.5) is 11.6 Å². The lowest BCUT2D eigenvalue weighted by Crippen LogP contribution is -2.35. The molecule has 2 saturated heterocycles. The van der Waals surface area contributed by atoms with Gasteiger partial charge in [0.25, 0.3) is 0 Å². The molecule has 2 aliphatic heterocycles. The van der Waals surface area contributed by atoms with Gasteiger partial charge >= 0.3 is 15.6 Å². The van der Waals surface area contributed by atoms with E-state index in [1.807, 2.05) is 0 Å². The molecule has 10 N–H and O–H groups in total. The van der Waals surface area contributed by atoms with Crippen LogP contribution in [0.1, 0.15) is 12.5 Å². The zero-order valence-corrected chi connectivity index (χ0v) is 24.3. The van der Waals surface area contributed by atoms with Crippen molar-refractivity contribution >= 4 is 49.6 Å². The number of nitrogen functional groups attached to an aromatic ring is 2. The average Bonchev–Trinajstić information content (AvgIpc) is 3.74. The number of phosphoric acid groups is 2. The number of fused-ring (bicyclic) bond motifs is 2. The Morgan fingerprint density at radius 1 is 0.778 bits per heavy atom. The van der Waals surface area contributed by atoms with Crippen molar-refractivity contribution < 1.29 is 62.2 Å². The molecule has 0 bridgehead atoms. The number of phosphoric ester groups is 2. The van der Waals surface area contributed by atoms with Gasteiger partial charge in [0.05, 0.1) is 25.9 Å². The van der Waals surface area contributed by atoms with Gasteiger partial charge in [0.1, 0.15) is 60.3 Å². The van der Waals surface area contributed by atoms with Crippen LogP contribution in [0.3, 0.4) is 0 Å². The number of anilines is 2. The number of aliphatic hydroxyl groups is 4. The van der Waals surface area contributed by atoms with E-state index in [0.29, 0.717) is 0 Å². The van der Waals surface area contributed by atoms with Crippen LogP contribution in [0.15, 0.2) is 25.3 Å². The molecule has 0 radical (unpaired) electrons. The van der Waals surface area contributed by atoms with E-state index in [0.717, 1.165) is 12.7 Å². The maximum Gasteiger partial charge on any atom is 0.481 e. The van der Waals surface area contributed by atoms with Crippen LogP contribution in [0.25, 0.3) is 22.3 Å². The Morgan fingerprint density at radius 2 is 1.31 bits per heavy atom. The fraction of sp³-hybridized carbons (Fsp3) is 0.500. The monoisotopic (exact) mass is 676 g/mol. The number of hydrogen-bond acceptors (Lipinski definition) is 19. The smallest absolute Gasteiger partial charge is 0.394 e. The molecule has 10 atom stereocenters. The van der Waals surface area contributed by atoms with E-state index in [4.69, 9.17) is 30.0 Å². The molecule has 0 saturated carbocycles. The predicted octanol–water partition coefficient (Wildman–Crippen LogP) is -2.68. The lowest BCUT2D eigenvalue weighted by Gasteiger charge is -2.23. The predicted molar refractivity (Wildman–Crippen MR) is 144 cm³/mol. The van der Waals surface area contributed by atoms with Crippen LogP contribution in [0, 0.1) is 0 Å². The Bertz CT molecular complexity index is 1810. The lowest BCUT2D eigenvalue weighted by atomic mass is 10.1. The summed E-state index contributed by atoms with van der Waals surface area (Å²) >= 11 is 0. The summed E-state index contributed by atoms with van der Waals surface area (Å²) in [6.45, 7) is -1.73. The second-order valence-corrected chi connectivity index (χ2v) is 12.8. The van der Waals surface area contributed by atoms with Gasteiger partial charge in [-0.1, -0.05) is 0 Å². The Labute approximate surface area is 250 Å². The van der Waals surface area contributed by atoms with Gasteiger partial charge in [-0.3, -0.25) is 18.2 Å². The van der Waals surface area contributed by atoms with Crippen LogP contribution in [0.2, 0.25) is 0 Å². The molecular weight excluding hydrogens is 650 g/mol. The minimum absolute atomic E-state index is 0.0280. The largest absolute Gasteiger partial charge is 0.481 e.